The van der Waals surface area contributed by atoms with Crippen molar-refractivity contribution in [3.8, 4) is 5.75 Å². The predicted molar refractivity (Wildman–Crippen MR) is 130 cm³/mol. The van der Waals surface area contributed by atoms with Crippen LogP contribution in [0.4, 0.5) is 11.4 Å². The van der Waals surface area contributed by atoms with Crippen LogP contribution in [0.1, 0.15) is 19.8 Å². The molecule has 1 fully saturated rings. The Balaban J connectivity index is 1.63. The standard InChI is InChI=1S/C22H30N4O6S2/c1-4-32-20-11-7-19(8-12-20)24-33(28,29)21-13-9-18(10-14-21)23-22(27)17-6-5-15-26(16-17)34(30,31)25(2)3/h7-14,17,24H,4-6,15-16H2,1-3H3,(H,23,27). The second-order valence-corrected chi connectivity index (χ2v) is 11.9. The van der Waals surface area contributed by atoms with Crippen molar-refractivity contribution in [2.24, 2.45) is 5.92 Å². The maximum Gasteiger partial charge on any atom is 0.281 e. The molecule has 1 saturated heterocycles. The predicted octanol–water partition coefficient (Wildman–Crippen LogP) is 2.34. The number of ether oxygens (including phenoxy) is 1. The van der Waals surface area contributed by atoms with Crippen LogP contribution in [0, 0.1) is 5.92 Å². The highest BCUT2D eigenvalue weighted by Gasteiger charge is 2.33. The monoisotopic (exact) mass is 510 g/mol. The summed E-state index contributed by atoms with van der Waals surface area (Å²) in [6.07, 6.45) is 1.16. The molecule has 0 aromatic heterocycles. The molecule has 1 atom stereocenters. The van der Waals surface area contributed by atoms with Gasteiger partial charge in [0.15, 0.2) is 0 Å². The van der Waals surface area contributed by atoms with Gasteiger partial charge in [0.2, 0.25) is 5.91 Å². The SMILES string of the molecule is CCOc1ccc(NS(=O)(=O)c2ccc(NC(=O)C3CCCN(S(=O)(=O)N(C)C)C3)cc2)cc1. The number of rotatable bonds is 9. The molecular formula is C22H30N4O6S2. The van der Waals surface area contributed by atoms with Gasteiger partial charge < -0.3 is 10.1 Å². The molecule has 12 heteroatoms. The van der Waals surface area contributed by atoms with Crippen LogP contribution < -0.4 is 14.8 Å². The molecule has 1 aliphatic heterocycles. The van der Waals surface area contributed by atoms with E-state index in [4.69, 9.17) is 4.74 Å². The molecule has 186 valence electrons. The molecule has 2 aromatic carbocycles. The number of piperidine rings is 1. The number of carbonyl (C=O) groups is 1. The van der Waals surface area contributed by atoms with E-state index >= 15 is 0 Å². The van der Waals surface area contributed by atoms with Gasteiger partial charge in [0, 0.05) is 38.6 Å². The first-order valence-corrected chi connectivity index (χ1v) is 13.7. The first-order chi connectivity index (χ1) is 16.0. The summed E-state index contributed by atoms with van der Waals surface area (Å²) < 4.78 is 60.4. The fraction of sp³-hybridized carbons (Fsp3) is 0.409. The first-order valence-electron chi connectivity index (χ1n) is 10.9. The first kappa shape index (κ1) is 25.9. The number of anilines is 2. The Bertz CT molecular complexity index is 1200. The third kappa shape index (κ3) is 6.26. The fourth-order valence-corrected chi connectivity index (χ4v) is 5.81. The Morgan fingerprint density at radius 1 is 1.03 bits per heavy atom. The van der Waals surface area contributed by atoms with Crippen molar-refractivity contribution in [3.63, 3.8) is 0 Å². The lowest BCUT2D eigenvalue weighted by molar-refractivity contribution is -0.120. The van der Waals surface area contributed by atoms with E-state index in [1.807, 2.05) is 6.92 Å². The average Bonchev–Trinajstić information content (AvgIpc) is 2.80. The number of hydrogen-bond donors (Lipinski definition) is 2. The normalized spacial score (nSPS) is 17.4. The third-order valence-corrected chi connectivity index (χ3v) is 8.70. The largest absolute Gasteiger partial charge is 0.494 e. The van der Waals surface area contributed by atoms with Crippen molar-refractivity contribution >= 4 is 37.5 Å². The van der Waals surface area contributed by atoms with Crippen LogP contribution in [-0.2, 0) is 25.0 Å². The Morgan fingerprint density at radius 2 is 1.65 bits per heavy atom. The van der Waals surface area contributed by atoms with Gasteiger partial charge in [0.1, 0.15) is 5.75 Å². The number of hydrogen-bond acceptors (Lipinski definition) is 6. The average molecular weight is 511 g/mol. The lowest BCUT2D eigenvalue weighted by Crippen LogP contribution is -2.47. The van der Waals surface area contributed by atoms with Crippen molar-refractivity contribution in [1.82, 2.24) is 8.61 Å². The van der Waals surface area contributed by atoms with Crippen LogP contribution in [0.15, 0.2) is 53.4 Å². The minimum Gasteiger partial charge on any atom is -0.494 e. The van der Waals surface area contributed by atoms with E-state index < -0.39 is 26.2 Å². The highest BCUT2D eigenvalue weighted by atomic mass is 32.2. The number of nitrogens with zero attached hydrogens (tertiary/aromatic N) is 2. The van der Waals surface area contributed by atoms with Crippen molar-refractivity contribution in [2.75, 3.05) is 43.8 Å². The molecule has 1 aliphatic rings. The summed E-state index contributed by atoms with van der Waals surface area (Å²) >= 11 is 0. The van der Waals surface area contributed by atoms with Crippen LogP contribution in [0.2, 0.25) is 0 Å². The van der Waals surface area contributed by atoms with Crippen LogP contribution in [-0.4, -0.2) is 65.1 Å². The van der Waals surface area contributed by atoms with Crippen molar-refractivity contribution in [3.05, 3.63) is 48.5 Å². The highest BCUT2D eigenvalue weighted by molar-refractivity contribution is 7.92. The van der Waals surface area contributed by atoms with E-state index in [9.17, 15) is 21.6 Å². The lowest BCUT2D eigenvalue weighted by atomic mass is 9.99. The van der Waals surface area contributed by atoms with Crippen molar-refractivity contribution in [1.29, 1.82) is 0 Å². The summed E-state index contributed by atoms with van der Waals surface area (Å²) in [5, 5.41) is 2.76. The summed E-state index contributed by atoms with van der Waals surface area (Å²) in [5.41, 5.74) is 0.827. The molecule has 1 heterocycles. The van der Waals surface area contributed by atoms with Crippen LogP contribution in [0.3, 0.4) is 0 Å². The number of sulfonamides is 1. The molecule has 34 heavy (non-hydrogen) atoms. The van der Waals surface area contributed by atoms with E-state index in [1.165, 1.54) is 42.7 Å². The second kappa shape index (κ2) is 10.7. The molecule has 3 rings (SSSR count). The molecule has 1 unspecified atom stereocenters. The minimum absolute atomic E-state index is 0.0419. The van der Waals surface area contributed by atoms with Gasteiger partial charge in [0.25, 0.3) is 20.2 Å². The van der Waals surface area contributed by atoms with E-state index in [2.05, 4.69) is 10.0 Å². The van der Waals surface area contributed by atoms with E-state index in [0.29, 0.717) is 43.1 Å². The molecule has 0 bridgehead atoms. The summed E-state index contributed by atoms with van der Waals surface area (Å²) in [7, 11) is -4.49. The summed E-state index contributed by atoms with van der Waals surface area (Å²) in [4.78, 5) is 12.8. The molecule has 10 nitrogen and oxygen atoms in total. The zero-order chi connectivity index (χ0) is 24.9. The smallest absolute Gasteiger partial charge is 0.281 e. The number of amides is 1. The summed E-state index contributed by atoms with van der Waals surface area (Å²) in [5.74, 6) is -0.152. The van der Waals surface area contributed by atoms with Gasteiger partial charge in [-0.15, -0.1) is 0 Å². The maximum absolute atomic E-state index is 12.7. The molecule has 2 aromatic rings. The Labute approximate surface area is 201 Å². The summed E-state index contributed by atoms with van der Waals surface area (Å²) in [6.45, 7) is 2.85. The number of carbonyl (C=O) groups excluding carboxylic acids is 1. The quantitative estimate of drug-likeness (QED) is 0.534. The van der Waals surface area contributed by atoms with E-state index in [0.717, 1.165) is 4.31 Å². The zero-order valence-corrected chi connectivity index (χ0v) is 21.0. The topological polar surface area (TPSA) is 125 Å². The zero-order valence-electron chi connectivity index (χ0n) is 19.4. The van der Waals surface area contributed by atoms with Crippen LogP contribution in [0.25, 0.3) is 0 Å². The molecule has 0 spiro atoms. The molecule has 0 saturated carbocycles. The maximum atomic E-state index is 12.7. The highest BCUT2D eigenvalue weighted by Crippen LogP contribution is 2.24. The summed E-state index contributed by atoms with van der Waals surface area (Å²) in [6, 6.07) is 12.4. The molecule has 1 amide bonds. The third-order valence-electron chi connectivity index (χ3n) is 5.39. The van der Waals surface area contributed by atoms with Gasteiger partial charge in [-0.3, -0.25) is 9.52 Å². The van der Waals surface area contributed by atoms with Gasteiger partial charge >= 0.3 is 0 Å². The van der Waals surface area contributed by atoms with Crippen LogP contribution >= 0.6 is 0 Å². The van der Waals surface area contributed by atoms with Gasteiger partial charge in [-0.25, -0.2) is 8.42 Å². The van der Waals surface area contributed by atoms with E-state index in [-0.39, 0.29) is 17.3 Å². The van der Waals surface area contributed by atoms with Crippen molar-refractivity contribution in [2.45, 2.75) is 24.7 Å². The van der Waals surface area contributed by atoms with Crippen LogP contribution in [0.5, 0.6) is 5.75 Å². The fourth-order valence-electron chi connectivity index (χ4n) is 3.56. The Hall–Kier alpha value is -2.67. The second-order valence-electron chi connectivity index (χ2n) is 8.06. The van der Waals surface area contributed by atoms with Gasteiger partial charge in [-0.1, -0.05) is 0 Å². The minimum atomic E-state index is -3.82. The number of benzene rings is 2. The van der Waals surface area contributed by atoms with Gasteiger partial charge in [-0.2, -0.15) is 17.0 Å². The van der Waals surface area contributed by atoms with Gasteiger partial charge in [-0.05, 0) is 68.3 Å². The molecule has 2 N–H and O–H groups in total. The Morgan fingerprint density at radius 3 is 2.24 bits per heavy atom. The van der Waals surface area contributed by atoms with Gasteiger partial charge in [0.05, 0.1) is 17.4 Å². The van der Waals surface area contributed by atoms with Crippen molar-refractivity contribution < 1.29 is 26.4 Å². The molecular weight excluding hydrogens is 480 g/mol. The molecule has 0 aliphatic carbocycles. The molecule has 0 radical (unpaired) electrons. The van der Waals surface area contributed by atoms with E-state index in [1.54, 1.807) is 24.3 Å². The number of nitrogens with one attached hydrogen (secondary N) is 2. The lowest BCUT2D eigenvalue weighted by Gasteiger charge is -2.32. The Kier molecular flexibility index (Phi) is 8.18.